The number of rotatable bonds is 9. The number of hydrogen-bond acceptors (Lipinski definition) is 7. The third-order valence-corrected chi connectivity index (χ3v) is 6.38. The average Bonchev–Trinajstić information content (AvgIpc) is 3.03. The van der Waals surface area contributed by atoms with Crippen molar-refractivity contribution in [1.82, 2.24) is 9.97 Å². The highest BCUT2D eigenvalue weighted by atomic mass is 35.5. The molecule has 8 nitrogen and oxygen atoms in total. The molecule has 0 aliphatic heterocycles. The third-order valence-electron chi connectivity index (χ3n) is 6.21. The summed E-state index contributed by atoms with van der Waals surface area (Å²) in [5.41, 5.74) is 4.02. The number of carbonyl (C=O) groups excluding carboxylic acids is 1. The maximum absolute atomic E-state index is 12.7. The van der Waals surface area contributed by atoms with E-state index in [4.69, 9.17) is 25.8 Å². The number of nitriles is 1. The topological polar surface area (TPSA) is 97.6 Å². The number of anilines is 1. The van der Waals surface area contributed by atoms with Crippen LogP contribution in [-0.2, 0) is 18.0 Å². The van der Waals surface area contributed by atoms with Gasteiger partial charge in [0.25, 0.3) is 0 Å². The number of aromatic nitrogens is 2. The van der Waals surface area contributed by atoms with Gasteiger partial charge in [-0.2, -0.15) is 10.2 Å². The number of amides is 1. The molecule has 0 saturated heterocycles. The molecule has 0 atom stereocenters. The first-order valence-corrected chi connectivity index (χ1v) is 13.3. The Hall–Kier alpha value is -5.39. The Bertz CT molecular complexity index is 1730. The lowest BCUT2D eigenvalue weighted by atomic mass is 10.1. The predicted octanol–water partition coefficient (Wildman–Crippen LogP) is 7.81. The molecule has 1 amide bonds. The Labute approximate surface area is 248 Å². The second kappa shape index (κ2) is 13.3. The minimum atomic E-state index is -0.499. The van der Waals surface area contributed by atoms with Gasteiger partial charge in [0.15, 0.2) is 11.5 Å². The van der Waals surface area contributed by atoms with Crippen molar-refractivity contribution >= 4 is 23.4 Å². The molecule has 9 heteroatoms. The summed E-state index contributed by atoms with van der Waals surface area (Å²) in [6, 6.07) is 35.0. The normalized spacial score (nSPS) is 10.4. The van der Waals surface area contributed by atoms with Crippen LogP contribution in [0.4, 0.5) is 10.5 Å². The first-order chi connectivity index (χ1) is 20.5. The van der Waals surface area contributed by atoms with Gasteiger partial charge in [0, 0.05) is 30.4 Å². The molecule has 0 saturated carbocycles. The zero-order valence-corrected chi connectivity index (χ0v) is 23.4. The molecule has 0 aliphatic carbocycles. The van der Waals surface area contributed by atoms with Crippen molar-refractivity contribution in [1.29, 1.82) is 5.26 Å². The number of benzene rings is 4. The van der Waals surface area contributed by atoms with E-state index in [1.165, 1.54) is 4.90 Å². The van der Waals surface area contributed by atoms with Crippen molar-refractivity contribution in [3.05, 3.63) is 131 Å². The molecule has 0 N–H and O–H groups in total. The Kier molecular flexibility index (Phi) is 8.92. The van der Waals surface area contributed by atoms with E-state index in [9.17, 15) is 10.1 Å². The SMILES string of the molecule is CN(C(=O)OCc1ccccc1)c1cccc(-c2cc(Oc3cc(C#N)ccc3OCc3ccccc3)nc(Cl)n2)c1. The average molecular weight is 577 g/mol. The van der Waals surface area contributed by atoms with E-state index < -0.39 is 6.09 Å². The third kappa shape index (κ3) is 7.22. The van der Waals surface area contributed by atoms with Gasteiger partial charge in [-0.05, 0) is 47.0 Å². The lowest BCUT2D eigenvalue weighted by molar-refractivity contribution is 0.148. The maximum Gasteiger partial charge on any atom is 0.414 e. The minimum Gasteiger partial charge on any atom is -0.485 e. The van der Waals surface area contributed by atoms with Crippen molar-refractivity contribution in [3.63, 3.8) is 0 Å². The van der Waals surface area contributed by atoms with Gasteiger partial charge in [0.1, 0.15) is 13.2 Å². The van der Waals surface area contributed by atoms with Crippen LogP contribution >= 0.6 is 11.6 Å². The summed E-state index contributed by atoms with van der Waals surface area (Å²) in [7, 11) is 1.63. The van der Waals surface area contributed by atoms with Gasteiger partial charge in [-0.15, -0.1) is 0 Å². The largest absolute Gasteiger partial charge is 0.485 e. The molecule has 0 fully saturated rings. The van der Waals surface area contributed by atoms with E-state index in [2.05, 4.69) is 16.0 Å². The quantitative estimate of drug-likeness (QED) is 0.165. The molecule has 4 aromatic carbocycles. The number of nitrogens with zero attached hydrogens (tertiary/aromatic N) is 4. The summed E-state index contributed by atoms with van der Waals surface area (Å²) in [5, 5.41) is 9.40. The van der Waals surface area contributed by atoms with Crippen LogP contribution in [0.15, 0.2) is 109 Å². The van der Waals surface area contributed by atoms with Gasteiger partial charge in [-0.1, -0.05) is 72.8 Å². The predicted molar refractivity (Wildman–Crippen MR) is 160 cm³/mol. The summed E-state index contributed by atoms with van der Waals surface area (Å²) < 4.78 is 17.5. The summed E-state index contributed by atoms with van der Waals surface area (Å²) in [4.78, 5) is 22.7. The highest BCUT2D eigenvalue weighted by molar-refractivity contribution is 6.28. The van der Waals surface area contributed by atoms with Crippen molar-refractivity contribution < 1.29 is 19.0 Å². The fourth-order valence-electron chi connectivity index (χ4n) is 4.02. The van der Waals surface area contributed by atoms with Crippen LogP contribution in [0.3, 0.4) is 0 Å². The van der Waals surface area contributed by atoms with E-state index in [0.717, 1.165) is 11.1 Å². The molecule has 5 aromatic rings. The van der Waals surface area contributed by atoms with Gasteiger partial charge < -0.3 is 14.2 Å². The van der Waals surface area contributed by atoms with Crippen LogP contribution in [0, 0.1) is 11.3 Å². The Morgan fingerprint density at radius 3 is 2.26 bits per heavy atom. The van der Waals surface area contributed by atoms with Gasteiger partial charge in [-0.3, -0.25) is 4.90 Å². The second-order valence-electron chi connectivity index (χ2n) is 9.16. The zero-order chi connectivity index (χ0) is 29.3. The van der Waals surface area contributed by atoms with Gasteiger partial charge in [-0.25, -0.2) is 9.78 Å². The number of halogens is 1. The van der Waals surface area contributed by atoms with Crippen molar-refractivity contribution in [3.8, 4) is 34.7 Å². The van der Waals surface area contributed by atoms with Crippen molar-refractivity contribution in [2.75, 3.05) is 11.9 Å². The lowest BCUT2D eigenvalue weighted by Crippen LogP contribution is -2.26. The molecule has 0 unspecified atom stereocenters. The Morgan fingerprint density at radius 1 is 0.833 bits per heavy atom. The van der Waals surface area contributed by atoms with Crippen molar-refractivity contribution in [2.45, 2.75) is 13.2 Å². The standard InChI is InChI=1S/C33H25ClN4O4/c1-38(33(39)41-22-24-11-6-3-7-12-24)27-14-8-13-26(18-27)28-19-31(37-32(34)36-28)42-30-17-25(20-35)15-16-29(30)40-21-23-9-4-2-5-10-23/h2-19H,21-22H2,1H3. The van der Waals surface area contributed by atoms with Crippen LogP contribution in [0.5, 0.6) is 17.4 Å². The monoisotopic (exact) mass is 576 g/mol. The smallest absolute Gasteiger partial charge is 0.414 e. The summed E-state index contributed by atoms with van der Waals surface area (Å²) in [5.74, 6) is 0.901. The molecule has 0 aliphatic rings. The van der Waals surface area contributed by atoms with Gasteiger partial charge in [0.2, 0.25) is 11.2 Å². The summed E-state index contributed by atoms with van der Waals surface area (Å²) in [6.45, 7) is 0.475. The molecule has 0 spiro atoms. The van der Waals surface area contributed by atoms with Crippen LogP contribution < -0.4 is 14.4 Å². The molecular formula is C33H25ClN4O4. The zero-order valence-electron chi connectivity index (χ0n) is 22.6. The highest BCUT2D eigenvalue weighted by Crippen LogP contribution is 2.34. The molecular weight excluding hydrogens is 552 g/mol. The van der Waals surface area contributed by atoms with Crippen molar-refractivity contribution in [2.24, 2.45) is 0 Å². The Morgan fingerprint density at radius 2 is 1.55 bits per heavy atom. The molecule has 1 aromatic heterocycles. The molecule has 5 rings (SSSR count). The van der Waals surface area contributed by atoms with Crippen LogP contribution in [-0.4, -0.2) is 23.1 Å². The first kappa shape index (κ1) is 28.1. The molecule has 42 heavy (non-hydrogen) atoms. The fourth-order valence-corrected chi connectivity index (χ4v) is 4.19. The van der Waals surface area contributed by atoms with Gasteiger partial charge in [0.05, 0.1) is 17.3 Å². The summed E-state index contributed by atoms with van der Waals surface area (Å²) in [6.07, 6.45) is -0.499. The number of ether oxygens (including phenoxy) is 3. The van der Waals surface area contributed by atoms with E-state index in [1.807, 2.05) is 66.7 Å². The number of hydrogen-bond donors (Lipinski definition) is 0. The van der Waals surface area contributed by atoms with Gasteiger partial charge >= 0.3 is 6.09 Å². The number of carbonyl (C=O) groups is 1. The van der Waals surface area contributed by atoms with E-state index in [-0.39, 0.29) is 17.8 Å². The molecule has 1 heterocycles. The first-order valence-electron chi connectivity index (χ1n) is 13.0. The molecule has 0 radical (unpaired) electrons. The van der Waals surface area contributed by atoms with E-state index >= 15 is 0 Å². The molecule has 0 bridgehead atoms. The highest BCUT2D eigenvalue weighted by Gasteiger charge is 2.16. The maximum atomic E-state index is 12.7. The fraction of sp³-hybridized carbons (Fsp3) is 0.0909. The summed E-state index contributed by atoms with van der Waals surface area (Å²) >= 11 is 6.29. The lowest BCUT2D eigenvalue weighted by Gasteiger charge is -2.18. The van der Waals surface area contributed by atoms with Crippen LogP contribution in [0.1, 0.15) is 16.7 Å². The Balaban J connectivity index is 1.35. The van der Waals surface area contributed by atoms with Crippen LogP contribution in [0.25, 0.3) is 11.3 Å². The molecule has 208 valence electrons. The minimum absolute atomic E-state index is 0.0354. The van der Waals surface area contributed by atoms with E-state index in [1.54, 1.807) is 49.5 Å². The van der Waals surface area contributed by atoms with E-state index in [0.29, 0.717) is 40.6 Å². The second-order valence-corrected chi connectivity index (χ2v) is 9.50. The van der Waals surface area contributed by atoms with Crippen LogP contribution in [0.2, 0.25) is 5.28 Å².